The molecule has 0 aliphatic rings. The highest BCUT2D eigenvalue weighted by Crippen LogP contribution is 1.96. The topological polar surface area (TPSA) is 54.4 Å². The smallest absolute Gasteiger partial charge is 0.377 e. The van der Waals surface area contributed by atoms with Crippen molar-refractivity contribution in [3.63, 3.8) is 0 Å². The number of Topliss-reactive ketones (excluding diaryl/α,β-unsaturated/α-hetero) is 1. The fourth-order valence-electron chi connectivity index (χ4n) is 0.465. The van der Waals surface area contributed by atoms with Gasteiger partial charge in [0.15, 0.2) is 0 Å². The molecule has 0 aliphatic heterocycles. The van der Waals surface area contributed by atoms with Gasteiger partial charge in [-0.15, -0.1) is 0 Å². The van der Waals surface area contributed by atoms with E-state index in [1.54, 1.807) is 6.92 Å². The van der Waals surface area contributed by atoms with Gasteiger partial charge in [-0.1, -0.05) is 18.7 Å². The third-order valence-corrected chi connectivity index (χ3v) is 0.987. The van der Waals surface area contributed by atoms with Gasteiger partial charge in [0.2, 0.25) is 0 Å². The van der Waals surface area contributed by atoms with Gasteiger partial charge < -0.3 is 5.11 Å². The maximum Gasteiger partial charge on any atom is 0.377 e. The molecule has 1 N–H and O–H groups in total. The minimum absolute atomic E-state index is 0.118. The second-order valence-corrected chi connectivity index (χ2v) is 1.58. The molecule has 10 heavy (non-hydrogen) atoms. The molecule has 0 spiro atoms. The second kappa shape index (κ2) is 3.61. The van der Waals surface area contributed by atoms with Gasteiger partial charge in [-0.2, -0.15) is 0 Å². The Bertz CT molecular complexity index is 201. The summed E-state index contributed by atoms with van der Waals surface area (Å²) in [7, 11) is 0. The van der Waals surface area contributed by atoms with Crippen molar-refractivity contribution in [1.29, 1.82) is 0 Å². The summed E-state index contributed by atoms with van der Waals surface area (Å²) in [6, 6.07) is 0. The lowest BCUT2D eigenvalue weighted by molar-refractivity contribution is -0.147. The number of hydrogen-bond donors (Lipinski definition) is 1. The van der Waals surface area contributed by atoms with Crippen LogP contribution in [0.2, 0.25) is 0 Å². The molecule has 0 rings (SSSR count). The number of aliphatic carboxylic acids is 1. The summed E-state index contributed by atoms with van der Waals surface area (Å²) < 4.78 is 0. The zero-order valence-electron chi connectivity index (χ0n) is 5.63. The Morgan fingerprint density at radius 2 is 2.00 bits per heavy atom. The van der Waals surface area contributed by atoms with Crippen LogP contribution in [0.4, 0.5) is 0 Å². The van der Waals surface area contributed by atoms with E-state index in [0.29, 0.717) is 0 Å². The molecule has 0 bridgehead atoms. The van der Waals surface area contributed by atoms with Gasteiger partial charge in [-0.05, 0) is 6.92 Å². The summed E-state index contributed by atoms with van der Waals surface area (Å²) in [5.74, 6) is -2.37. The Kier molecular flexibility index (Phi) is 3.11. The Morgan fingerprint density at radius 1 is 1.50 bits per heavy atom. The van der Waals surface area contributed by atoms with E-state index in [0.717, 1.165) is 0 Å². The maximum absolute atomic E-state index is 10.6. The van der Waals surface area contributed by atoms with Crippen molar-refractivity contribution in [3.05, 3.63) is 24.3 Å². The van der Waals surface area contributed by atoms with Gasteiger partial charge in [0, 0.05) is 5.57 Å². The molecule has 0 atom stereocenters. The number of carbonyl (C=O) groups is 2. The lowest BCUT2D eigenvalue weighted by Crippen LogP contribution is -2.13. The minimum atomic E-state index is -1.45. The summed E-state index contributed by atoms with van der Waals surface area (Å²) in [5, 5.41) is 8.18. The molecule has 54 valence electrons. The first-order valence-electron chi connectivity index (χ1n) is 2.69. The molecule has 0 heterocycles. The van der Waals surface area contributed by atoms with E-state index in [1.165, 1.54) is 12.2 Å². The fraction of sp³-hybridized carbons (Fsp3) is 0.143. The van der Waals surface area contributed by atoms with E-state index in [9.17, 15) is 9.59 Å². The van der Waals surface area contributed by atoms with Crippen LogP contribution in [0.15, 0.2) is 24.3 Å². The fourth-order valence-corrected chi connectivity index (χ4v) is 0.465. The molecule has 0 aliphatic carbocycles. The molecule has 0 radical (unpaired) electrons. The molecule has 0 aromatic rings. The first kappa shape index (κ1) is 8.62. The summed E-state index contributed by atoms with van der Waals surface area (Å²) in [5.41, 5.74) is 0.118. The SMILES string of the molecule is C=CC(=CC)C(=O)C(=O)O. The minimum Gasteiger partial charge on any atom is -0.475 e. The van der Waals surface area contributed by atoms with Gasteiger partial charge in [-0.25, -0.2) is 4.79 Å². The van der Waals surface area contributed by atoms with Crippen LogP contribution in [0.3, 0.4) is 0 Å². The zero-order chi connectivity index (χ0) is 8.15. The predicted molar refractivity (Wildman–Crippen MR) is 36.6 cm³/mol. The third-order valence-electron chi connectivity index (χ3n) is 0.987. The summed E-state index contributed by atoms with van der Waals surface area (Å²) >= 11 is 0. The molecule has 0 unspecified atom stereocenters. The van der Waals surface area contributed by atoms with Crippen molar-refractivity contribution in [2.24, 2.45) is 0 Å². The Morgan fingerprint density at radius 3 is 2.10 bits per heavy atom. The van der Waals surface area contributed by atoms with Crippen LogP contribution in [-0.2, 0) is 9.59 Å². The van der Waals surface area contributed by atoms with Crippen LogP contribution >= 0.6 is 0 Å². The van der Waals surface area contributed by atoms with E-state index >= 15 is 0 Å². The van der Waals surface area contributed by atoms with E-state index in [-0.39, 0.29) is 5.57 Å². The van der Waals surface area contributed by atoms with Crippen molar-refractivity contribution in [2.75, 3.05) is 0 Å². The van der Waals surface area contributed by atoms with Crippen molar-refractivity contribution in [1.82, 2.24) is 0 Å². The van der Waals surface area contributed by atoms with Crippen molar-refractivity contribution in [2.45, 2.75) is 6.92 Å². The van der Waals surface area contributed by atoms with E-state index in [1.807, 2.05) is 0 Å². The highest BCUT2D eigenvalue weighted by atomic mass is 16.4. The van der Waals surface area contributed by atoms with Crippen molar-refractivity contribution < 1.29 is 14.7 Å². The van der Waals surface area contributed by atoms with Crippen molar-refractivity contribution >= 4 is 11.8 Å². The number of carboxylic acids is 1. The lowest BCUT2D eigenvalue weighted by Gasteiger charge is -1.91. The second-order valence-electron chi connectivity index (χ2n) is 1.58. The van der Waals surface area contributed by atoms with Crippen LogP contribution in [0.25, 0.3) is 0 Å². The molecular weight excluding hydrogens is 132 g/mol. The van der Waals surface area contributed by atoms with E-state index in [2.05, 4.69) is 6.58 Å². The number of hydrogen-bond acceptors (Lipinski definition) is 2. The van der Waals surface area contributed by atoms with E-state index in [4.69, 9.17) is 5.11 Å². The Hall–Kier alpha value is -1.38. The summed E-state index contributed by atoms with van der Waals surface area (Å²) in [4.78, 5) is 20.6. The van der Waals surface area contributed by atoms with Crippen LogP contribution < -0.4 is 0 Å². The van der Waals surface area contributed by atoms with Crippen LogP contribution in [0.5, 0.6) is 0 Å². The van der Waals surface area contributed by atoms with E-state index < -0.39 is 11.8 Å². The normalized spacial score (nSPS) is 10.7. The van der Waals surface area contributed by atoms with Crippen molar-refractivity contribution in [3.8, 4) is 0 Å². The molecule has 0 amide bonds. The zero-order valence-corrected chi connectivity index (χ0v) is 5.63. The summed E-state index contributed by atoms with van der Waals surface area (Å²) in [6.45, 7) is 4.86. The van der Waals surface area contributed by atoms with Gasteiger partial charge in [0.05, 0.1) is 0 Å². The molecule has 0 saturated heterocycles. The highest BCUT2D eigenvalue weighted by molar-refractivity contribution is 6.40. The quantitative estimate of drug-likeness (QED) is 0.358. The molecular formula is C7H8O3. The predicted octanol–water partition coefficient (Wildman–Crippen LogP) is 0.772. The largest absolute Gasteiger partial charge is 0.475 e. The van der Waals surface area contributed by atoms with Gasteiger partial charge in [0.1, 0.15) is 0 Å². The van der Waals surface area contributed by atoms with Crippen LogP contribution in [-0.4, -0.2) is 16.9 Å². The molecule has 3 heteroatoms. The summed E-state index contributed by atoms with van der Waals surface area (Å²) in [6.07, 6.45) is 2.62. The Labute approximate surface area is 58.7 Å². The molecule has 0 aromatic heterocycles. The third kappa shape index (κ3) is 1.85. The van der Waals surface area contributed by atoms with Gasteiger partial charge in [0.25, 0.3) is 5.78 Å². The number of carboxylic acid groups (broad SMARTS) is 1. The first-order chi connectivity index (χ1) is 4.63. The molecule has 0 saturated carbocycles. The standard InChI is InChI=1S/C7H8O3/c1-3-5(4-2)6(8)7(9)10/h3-4H,1H2,2H3,(H,9,10). The van der Waals surface area contributed by atoms with Crippen LogP contribution in [0, 0.1) is 0 Å². The number of carbonyl (C=O) groups excluding carboxylic acids is 1. The van der Waals surface area contributed by atoms with Gasteiger partial charge in [-0.3, -0.25) is 4.79 Å². The highest BCUT2D eigenvalue weighted by Gasteiger charge is 2.12. The number of rotatable bonds is 3. The number of ketones is 1. The van der Waals surface area contributed by atoms with Crippen LogP contribution in [0.1, 0.15) is 6.92 Å². The Balaban J connectivity index is 4.48. The lowest BCUT2D eigenvalue weighted by atomic mass is 10.1. The van der Waals surface area contributed by atoms with Gasteiger partial charge >= 0.3 is 5.97 Å². The first-order valence-corrected chi connectivity index (χ1v) is 2.69. The average molecular weight is 140 g/mol. The maximum atomic E-state index is 10.6. The molecule has 0 aromatic carbocycles. The average Bonchev–Trinajstić information content (AvgIpc) is 1.90. The molecule has 3 nitrogen and oxygen atoms in total. The monoisotopic (exact) mass is 140 g/mol. The molecule has 0 fully saturated rings. The number of allylic oxidation sites excluding steroid dienone is 2.